The fourth-order valence-electron chi connectivity index (χ4n) is 2.38. The molecule has 0 aromatic rings. The second-order valence-electron chi connectivity index (χ2n) is 4.29. The summed E-state index contributed by atoms with van der Waals surface area (Å²) in [6, 6.07) is 1.28. The number of methoxy groups -OCH3 is 1. The third-order valence-electron chi connectivity index (χ3n) is 3.20. The van der Waals surface area contributed by atoms with Crippen molar-refractivity contribution < 1.29 is 9.84 Å². The van der Waals surface area contributed by atoms with Crippen LogP contribution in [0.3, 0.4) is 0 Å². The van der Waals surface area contributed by atoms with Gasteiger partial charge >= 0.3 is 0 Å². The molecule has 0 saturated carbocycles. The van der Waals surface area contributed by atoms with Gasteiger partial charge in [0, 0.05) is 25.7 Å². The van der Waals surface area contributed by atoms with Crippen LogP contribution in [0.1, 0.15) is 33.1 Å². The molecule has 3 atom stereocenters. The first-order chi connectivity index (χ1) is 6.69. The Balaban J connectivity index is 2.40. The molecule has 0 aromatic heterocycles. The van der Waals surface area contributed by atoms with E-state index in [0.29, 0.717) is 18.7 Å². The highest BCUT2D eigenvalue weighted by molar-refractivity contribution is 4.85. The second kappa shape index (κ2) is 5.69. The van der Waals surface area contributed by atoms with E-state index in [1.54, 1.807) is 7.11 Å². The van der Waals surface area contributed by atoms with Crippen LogP contribution in [0.25, 0.3) is 0 Å². The number of aliphatic hydroxyl groups excluding tert-OH is 1. The highest BCUT2D eigenvalue weighted by atomic mass is 16.5. The highest BCUT2D eigenvalue weighted by Crippen LogP contribution is 2.25. The molecule has 3 nitrogen and oxygen atoms in total. The lowest BCUT2D eigenvalue weighted by molar-refractivity contribution is 0.0259. The molecule has 1 aliphatic rings. The van der Waals surface area contributed by atoms with E-state index in [0.717, 1.165) is 6.54 Å². The topological polar surface area (TPSA) is 32.7 Å². The van der Waals surface area contributed by atoms with E-state index in [4.69, 9.17) is 4.74 Å². The average molecular weight is 201 g/mol. The molecule has 1 saturated heterocycles. The van der Waals surface area contributed by atoms with Gasteiger partial charge < -0.3 is 9.84 Å². The summed E-state index contributed by atoms with van der Waals surface area (Å²) < 4.78 is 4.94. The largest absolute Gasteiger partial charge is 0.389 e. The smallest absolute Gasteiger partial charge is 0.0900 e. The van der Waals surface area contributed by atoms with Crippen LogP contribution in [0.15, 0.2) is 0 Å². The Morgan fingerprint density at radius 1 is 1.50 bits per heavy atom. The molecule has 3 unspecified atom stereocenters. The molecule has 0 spiro atoms. The van der Waals surface area contributed by atoms with Crippen LogP contribution in [0.5, 0.6) is 0 Å². The summed E-state index contributed by atoms with van der Waals surface area (Å²) in [5.74, 6) is 0. The van der Waals surface area contributed by atoms with Crippen LogP contribution < -0.4 is 0 Å². The Morgan fingerprint density at radius 2 is 2.21 bits per heavy atom. The van der Waals surface area contributed by atoms with Crippen molar-refractivity contribution in [2.75, 3.05) is 20.3 Å². The maximum atomic E-state index is 9.67. The number of likely N-dealkylation sites (tertiary alicyclic amines) is 1. The summed E-state index contributed by atoms with van der Waals surface area (Å²) in [6.07, 6.45) is 3.38. The number of β-amino-alcohol motifs (C(OH)–C–C–N with tert-alkyl or cyclic N) is 1. The molecular weight excluding hydrogens is 178 g/mol. The molecule has 0 amide bonds. The zero-order chi connectivity index (χ0) is 10.6. The molecule has 0 radical (unpaired) electrons. The summed E-state index contributed by atoms with van der Waals surface area (Å²) in [7, 11) is 1.63. The van der Waals surface area contributed by atoms with Crippen molar-refractivity contribution in [1.82, 2.24) is 4.90 Å². The van der Waals surface area contributed by atoms with Gasteiger partial charge in [0.2, 0.25) is 0 Å². The molecular formula is C11H23NO2. The first-order valence-corrected chi connectivity index (χ1v) is 5.61. The summed E-state index contributed by atoms with van der Waals surface area (Å²) in [5, 5.41) is 9.67. The number of nitrogens with zero attached hydrogens (tertiary/aromatic N) is 1. The Bertz CT molecular complexity index is 163. The Kier molecular flexibility index (Phi) is 4.85. The van der Waals surface area contributed by atoms with Crippen LogP contribution in [0, 0.1) is 0 Å². The van der Waals surface area contributed by atoms with Crippen molar-refractivity contribution in [3.8, 4) is 0 Å². The predicted octanol–water partition coefficient (Wildman–Crippen LogP) is 1.26. The second-order valence-corrected chi connectivity index (χ2v) is 4.29. The van der Waals surface area contributed by atoms with E-state index in [-0.39, 0.29) is 6.10 Å². The minimum Gasteiger partial charge on any atom is -0.389 e. The lowest BCUT2D eigenvalue weighted by Crippen LogP contribution is -2.41. The van der Waals surface area contributed by atoms with Gasteiger partial charge in [-0.2, -0.15) is 0 Å². The zero-order valence-corrected chi connectivity index (χ0v) is 9.57. The number of hydrogen-bond donors (Lipinski definition) is 1. The van der Waals surface area contributed by atoms with Crippen LogP contribution in [0.4, 0.5) is 0 Å². The van der Waals surface area contributed by atoms with Crippen molar-refractivity contribution >= 4 is 0 Å². The van der Waals surface area contributed by atoms with Crippen LogP contribution >= 0.6 is 0 Å². The summed E-state index contributed by atoms with van der Waals surface area (Å²) in [4.78, 5) is 2.42. The summed E-state index contributed by atoms with van der Waals surface area (Å²) >= 11 is 0. The van der Waals surface area contributed by atoms with E-state index < -0.39 is 0 Å². The van der Waals surface area contributed by atoms with Gasteiger partial charge in [0.15, 0.2) is 0 Å². The SMILES string of the molecule is CCC1CCC(C)N1CC(O)COC. The van der Waals surface area contributed by atoms with Crippen molar-refractivity contribution in [1.29, 1.82) is 0 Å². The quantitative estimate of drug-likeness (QED) is 0.727. The van der Waals surface area contributed by atoms with Gasteiger partial charge in [-0.3, -0.25) is 4.90 Å². The first-order valence-electron chi connectivity index (χ1n) is 5.61. The van der Waals surface area contributed by atoms with E-state index in [2.05, 4.69) is 18.7 Å². The summed E-state index contributed by atoms with van der Waals surface area (Å²) in [5.41, 5.74) is 0. The van der Waals surface area contributed by atoms with Crippen molar-refractivity contribution in [3.63, 3.8) is 0 Å². The first kappa shape index (κ1) is 12.0. The molecule has 1 aliphatic heterocycles. The average Bonchev–Trinajstić information content (AvgIpc) is 2.48. The molecule has 0 aromatic carbocycles. The Labute approximate surface area is 87.1 Å². The number of rotatable bonds is 5. The fourth-order valence-corrected chi connectivity index (χ4v) is 2.38. The number of aliphatic hydroxyl groups is 1. The maximum Gasteiger partial charge on any atom is 0.0900 e. The molecule has 1 fully saturated rings. The van der Waals surface area contributed by atoms with E-state index in [1.807, 2.05) is 0 Å². The molecule has 0 aliphatic carbocycles. The van der Waals surface area contributed by atoms with Crippen molar-refractivity contribution in [3.05, 3.63) is 0 Å². The normalized spacial score (nSPS) is 30.9. The van der Waals surface area contributed by atoms with Gasteiger partial charge in [0.05, 0.1) is 12.7 Å². The summed E-state index contributed by atoms with van der Waals surface area (Å²) in [6.45, 7) is 5.67. The minimum atomic E-state index is -0.338. The van der Waals surface area contributed by atoms with Gasteiger partial charge in [-0.1, -0.05) is 6.92 Å². The molecule has 84 valence electrons. The van der Waals surface area contributed by atoms with Crippen LogP contribution in [0.2, 0.25) is 0 Å². The van der Waals surface area contributed by atoms with E-state index in [9.17, 15) is 5.11 Å². The van der Waals surface area contributed by atoms with Crippen LogP contribution in [-0.2, 0) is 4.74 Å². The molecule has 14 heavy (non-hydrogen) atoms. The molecule has 1 heterocycles. The number of hydrogen-bond acceptors (Lipinski definition) is 3. The van der Waals surface area contributed by atoms with Gasteiger partial charge in [-0.15, -0.1) is 0 Å². The fraction of sp³-hybridized carbons (Fsp3) is 1.00. The van der Waals surface area contributed by atoms with Crippen LogP contribution in [-0.4, -0.2) is 48.5 Å². The van der Waals surface area contributed by atoms with E-state index in [1.165, 1.54) is 19.3 Å². The standard InChI is InChI=1S/C11H23NO2/c1-4-10-6-5-9(2)12(10)7-11(13)8-14-3/h9-11,13H,4-8H2,1-3H3. The van der Waals surface area contributed by atoms with Crippen molar-refractivity contribution in [2.24, 2.45) is 0 Å². The molecule has 1 N–H and O–H groups in total. The van der Waals surface area contributed by atoms with Crippen molar-refractivity contribution in [2.45, 2.75) is 51.3 Å². The van der Waals surface area contributed by atoms with E-state index >= 15 is 0 Å². The lowest BCUT2D eigenvalue weighted by Gasteiger charge is -2.29. The molecule has 0 bridgehead atoms. The Morgan fingerprint density at radius 3 is 2.79 bits per heavy atom. The van der Waals surface area contributed by atoms with Gasteiger partial charge in [0.1, 0.15) is 0 Å². The molecule has 1 rings (SSSR count). The maximum absolute atomic E-state index is 9.67. The third-order valence-corrected chi connectivity index (χ3v) is 3.20. The molecule has 3 heteroatoms. The number of ether oxygens (including phenoxy) is 1. The monoisotopic (exact) mass is 201 g/mol. The van der Waals surface area contributed by atoms with Gasteiger partial charge in [-0.25, -0.2) is 0 Å². The third kappa shape index (κ3) is 2.94. The van der Waals surface area contributed by atoms with Gasteiger partial charge in [0.25, 0.3) is 0 Å². The Hall–Kier alpha value is -0.120. The zero-order valence-electron chi connectivity index (χ0n) is 9.57. The predicted molar refractivity (Wildman–Crippen MR) is 57.4 cm³/mol. The highest BCUT2D eigenvalue weighted by Gasteiger charge is 2.30. The minimum absolute atomic E-state index is 0.338. The lowest BCUT2D eigenvalue weighted by atomic mass is 10.1. The van der Waals surface area contributed by atoms with Gasteiger partial charge in [-0.05, 0) is 26.2 Å².